The summed E-state index contributed by atoms with van der Waals surface area (Å²) in [6.07, 6.45) is 5.97. The molecule has 20 heavy (non-hydrogen) atoms. The monoisotopic (exact) mass is 277 g/mol. The summed E-state index contributed by atoms with van der Waals surface area (Å²) in [6.45, 7) is 1.88. The second kappa shape index (κ2) is 6.36. The van der Waals surface area contributed by atoms with Crippen molar-refractivity contribution in [3.05, 3.63) is 24.0 Å². The van der Waals surface area contributed by atoms with Crippen molar-refractivity contribution in [2.24, 2.45) is 5.92 Å². The van der Waals surface area contributed by atoms with Gasteiger partial charge in [-0.25, -0.2) is 4.79 Å². The maximum Gasteiger partial charge on any atom is 0.319 e. The van der Waals surface area contributed by atoms with Gasteiger partial charge in [-0.3, -0.25) is 9.78 Å². The van der Waals surface area contributed by atoms with Gasteiger partial charge < -0.3 is 15.7 Å². The molecule has 6 heteroatoms. The van der Waals surface area contributed by atoms with Gasteiger partial charge in [0, 0.05) is 24.1 Å². The Morgan fingerprint density at radius 3 is 2.60 bits per heavy atom. The van der Waals surface area contributed by atoms with Crippen LogP contribution in [0, 0.1) is 12.8 Å². The topological polar surface area (TPSA) is 91.3 Å². The van der Waals surface area contributed by atoms with E-state index in [0.717, 1.165) is 11.3 Å². The molecule has 1 fully saturated rings. The minimum Gasteiger partial charge on any atom is -0.481 e. The summed E-state index contributed by atoms with van der Waals surface area (Å²) in [5.41, 5.74) is 1.63. The highest BCUT2D eigenvalue weighted by Gasteiger charge is 2.26. The number of pyridine rings is 1. The van der Waals surface area contributed by atoms with Gasteiger partial charge >= 0.3 is 12.0 Å². The van der Waals surface area contributed by atoms with Gasteiger partial charge in [0.15, 0.2) is 0 Å². The lowest BCUT2D eigenvalue weighted by Gasteiger charge is -2.26. The highest BCUT2D eigenvalue weighted by molar-refractivity contribution is 5.90. The van der Waals surface area contributed by atoms with Crippen LogP contribution < -0.4 is 10.6 Å². The molecular formula is C14H19N3O3. The predicted molar refractivity (Wildman–Crippen MR) is 74.5 cm³/mol. The van der Waals surface area contributed by atoms with Gasteiger partial charge in [0.2, 0.25) is 0 Å². The number of hydrogen-bond donors (Lipinski definition) is 3. The number of carboxylic acid groups (broad SMARTS) is 1. The van der Waals surface area contributed by atoms with Crippen LogP contribution in [0.4, 0.5) is 10.5 Å². The lowest BCUT2D eigenvalue weighted by atomic mass is 9.86. The Morgan fingerprint density at radius 2 is 2.00 bits per heavy atom. The first kappa shape index (κ1) is 14.3. The molecule has 0 unspecified atom stereocenters. The summed E-state index contributed by atoms with van der Waals surface area (Å²) in [5.74, 6) is -1.00. The molecule has 2 amide bonds. The largest absolute Gasteiger partial charge is 0.481 e. The Bertz CT molecular complexity index is 496. The maximum absolute atomic E-state index is 11.9. The normalized spacial score (nSPS) is 22.1. The summed E-state index contributed by atoms with van der Waals surface area (Å²) >= 11 is 0. The number of carbonyl (C=O) groups is 2. The summed E-state index contributed by atoms with van der Waals surface area (Å²) in [7, 11) is 0. The van der Waals surface area contributed by atoms with Gasteiger partial charge in [0.05, 0.1) is 5.92 Å². The number of aromatic nitrogens is 1. The van der Waals surface area contributed by atoms with E-state index in [1.165, 1.54) is 0 Å². The van der Waals surface area contributed by atoms with Crippen LogP contribution in [-0.4, -0.2) is 28.1 Å². The van der Waals surface area contributed by atoms with Gasteiger partial charge in [0.1, 0.15) is 0 Å². The first-order chi connectivity index (χ1) is 9.56. The first-order valence-electron chi connectivity index (χ1n) is 6.77. The molecule has 1 aliphatic rings. The highest BCUT2D eigenvalue weighted by atomic mass is 16.4. The number of aliphatic carboxylic acids is 1. The molecule has 1 aromatic heterocycles. The van der Waals surface area contributed by atoms with E-state index in [9.17, 15) is 9.59 Å². The van der Waals surface area contributed by atoms with E-state index in [2.05, 4.69) is 15.6 Å². The van der Waals surface area contributed by atoms with Crippen LogP contribution in [0.1, 0.15) is 31.2 Å². The fraction of sp³-hybridized carbons (Fsp3) is 0.500. The Morgan fingerprint density at radius 1 is 1.30 bits per heavy atom. The Labute approximate surface area is 117 Å². The van der Waals surface area contributed by atoms with Crippen molar-refractivity contribution < 1.29 is 14.7 Å². The number of nitrogens with one attached hydrogen (secondary N) is 2. The number of anilines is 1. The Kier molecular flexibility index (Phi) is 4.55. The van der Waals surface area contributed by atoms with Crippen LogP contribution in [0.25, 0.3) is 0 Å². The number of carbonyl (C=O) groups excluding carboxylic acids is 1. The first-order valence-corrected chi connectivity index (χ1v) is 6.77. The zero-order valence-electron chi connectivity index (χ0n) is 11.4. The molecule has 1 heterocycles. The zero-order valence-corrected chi connectivity index (χ0v) is 11.4. The van der Waals surface area contributed by atoms with E-state index in [-0.39, 0.29) is 18.0 Å². The molecule has 1 aliphatic carbocycles. The lowest BCUT2D eigenvalue weighted by Crippen LogP contribution is -2.41. The van der Waals surface area contributed by atoms with E-state index in [0.29, 0.717) is 25.7 Å². The minimum absolute atomic E-state index is 0.0488. The highest BCUT2D eigenvalue weighted by Crippen LogP contribution is 2.24. The SMILES string of the molecule is Cc1cnccc1NC(=O)NC1CCC(C(=O)O)CC1. The van der Waals surface area contributed by atoms with E-state index in [1.54, 1.807) is 18.5 Å². The summed E-state index contributed by atoms with van der Waals surface area (Å²) in [5, 5.41) is 14.6. The number of amides is 2. The minimum atomic E-state index is -0.736. The third kappa shape index (κ3) is 3.69. The number of nitrogens with zero attached hydrogens (tertiary/aromatic N) is 1. The van der Waals surface area contributed by atoms with E-state index in [4.69, 9.17) is 5.11 Å². The van der Waals surface area contributed by atoms with Gasteiger partial charge in [0.25, 0.3) is 0 Å². The average Bonchev–Trinajstić information content (AvgIpc) is 2.42. The van der Waals surface area contributed by atoms with Crippen molar-refractivity contribution in [2.75, 3.05) is 5.32 Å². The molecule has 3 N–H and O–H groups in total. The number of carboxylic acids is 1. The number of rotatable bonds is 3. The molecule has 6 nitrogen and oxygen atoms in total. The third-order valence-electron chi connectivity index (χ3n) is 3.68. The predicted octanol–water partition coefficient (Wildman–Crippen LogP) is 2.15. The van der Waals surface area contributed by atoms with Crippen LogP contribution >= 0.6 is 0 Å². The van der Waals surface area contributed by atoms with E-state index < -0.39 is 5.97 Å². The van der Waals surface area contributed by atoms with Gasteiger partial charge in [-0.1, -0.05) is 0 Å². The number of urea groups is 1. The molecule has 2 rings (SSSR count). The number of aryl methyl sites for hydroxylation is 1. The lowest BCUT2D eigenvalue weighted by molar-refractivity contribution is -0.142. The molecule has 108 valence electrons. The Hall–Kier alpha value is -2.11. The van der Waals surface area contributed by atoms with Crippen LogP contribution in [0.5, 0.6) is 0 Å². The van der Waals surface area contributed by atoms with E-state index >= 15 is 0 Å². The molecule has 0 bridgehead atoms. The molecule has 0 aromatic carbocycles. The second-order valence-corrected chi connectivity index (χ2v) is 5.18. The van der Waals surface area contributed by atoms with Crippen molar-refractivity contribution in [1.29, 1.82) is 0 Å². The van der Waals surface area contributed by atoms with E-state index in [1.807, 2.05) is 6.92 Å². The third-order valence-corrected chi connectivity index (χ3v) is 3.68. The molecule has 1 saturated carbocycles. The zero-order chi connectivity index (χ0) is 14.5. The number of hydrogen-bond acceptors (Lipinski definition) is 3. The average molecular weight is 277 g/mol. The van der Waals surface area contributed by atoms with Crippen LogP contribution in [0.15, 0.2) is 18.5 Å². The fourth-order valence-electron chi connectivity index (χ4n) is 2.44. The smallest absolute Gasteiger partial charge is 0.319 e. The van der Waals surface area contributed by atoms with Gasteiger partial charge in [-0.15, -0.1) is 0 Å². The van der Waals surface area contributed by atoms with Crippen molar-refractivity contribution >= 4 is 17.7 Å². The molecule has 0 radical (unpaired) electrons. The molecule has 1 aromatic rings. The molecular weight excluding hydrogens is 258 g/mol. The quantitative estimate of drug-likeness (QED) is 0.789. The van der Waals surface area contributed by atoms with Crippen molar-refractivity contribution in [3.63, 3.8) is 0 Å². The van der Waals surface area contributed by atoms with Crippen molar-refractivity contribution in [2.45, 2.75) is 38.6 Å². The molecule has 0 aliphatic heterocycles. The van der Waals surface area contributed by atoms with Gasteiger partial charge in [-0.2, -0.15) is 0 Å². The standard InChI is InChI=1S/C14H19N3O3/c1-9-8-15-7-6-12(9)17-14(20)16-11-4-2-10(3-5-11)13(18)19/h6-8,10-11H,2-5H2,1H3,(H,18,19)(H2,15,16,17,20). The summed E-state index contributed by atoms with van der Waals surface area (Å²) < 4.78 is 0. The van der Waals surface area contributed by atoms with Crippen LogP contribution in [-0.2, 0) is 4.79 Å². The molecule has 0 atom stereocenters. The second-order valence-electron chi connectivity index (χ2n) is 5.18. The van der Waals surface area contributed by atoms with Crippen molar-refractivity contribution in [3.8, 4) is 0 Å². The van der Waals surface area contributed by atoms with Crippen LogP contribution in [0.2, 0.25) is 0 Å². The molecule has 0 spiro atoms. The van der Waals surface area contributed by atoms with Gasteiger partial charge in [-0.05, 0) is 44.2 Å². The Balaban J connectivity index is 1.81. The van der Waals surface area contributed by atoms with Crippen molar-refractivity contribution in [1.82, 2.24) is 10.3 Å². The van der Waals surface area contributed by atoms with Crippen LogP contribution in [0.3, 0.4) is 0 Å². The maximum atomic E-state index is 11.9. The summed E-state index contributed by atoms with van der Waals surface area (Å²) in [6, 6.07) is 1.54. The molecule has 0 saturated heterocycles. The fourth-order valence-corrected chi connectivity index (χ4v) is 2.44. The summed E-state index contributed by atoms with van der Waals surface area (Å²) in [4.78, 5) is 26.7.